The number of aromatic nitrogens is 1. The van der Waals surface area contributed by atoms with E-state index >= 15 is 0 Å². The summed E-state index contributed by atoms with van der Waals surface area (Å²) in [6.45, 7) is 0.0458. The minimum Gasteiger partial charge on any atom is -0.465 e. The predicted octanol–water partition coefficient (Wildman–Crippen LogP) is 5.91. The zero-order chi connectivity index (χ0) is 33.4. The number of hydrogen-bond acceptors (Lipinski definition) is 4. The Morgan fingerprint density at radius 2 is 1.44 bits per heavy atom. The molecule has 1 saturated heterocycles. The molecule has 1 N–H and O–H groups in total. The lowest BCUT2D eigenvalue weighted by atomic mass is 9.84. The van der Waals surface area contributed by atoms with E-state index in [1.54, 1.807) is 0 Å². The van der Waals surface area contributed by atoms with Crippen molar-refractivity contribution in [1.29, 1.82) is 0 Å². The molecule has 16 heteroatoms. The molecule has 0 unspecified atom stereocenters. The van der Waals surface area contributed by atoms with E-state index in [0.29, 0.717) is 48.4 Å². The van der Waals surface area contributed by atoms with Gasteiger partial charge in [-0.2, -0.15) is 26.3 Å². The van der Waals surface area contributed by atoms with Gasteiger partial charge in [0.15, 0.2) is 0 Å². The molecule has 1 aliphatic heterocycles. The summed E-state index contributed by atoms with van der Waals surface area (Å²) in [5.74, 6) is -1.93. The highest BCUT2D eigenvalue weighted by molar-refractivity contribution is 5.92. The zero-order valence-electron chi connectivity index (χ0n) is 24.6. The van der Waals surface area contributed by atoms with Crippen LogP contribution >= 0.6 is 0 Å². The monoisotopic (exact) mass is 647 g/mol. The highest BCUT2D eigenvalue weighted by Crippen LogP contribution is 2.39. The maximum absolute atomic E-state index is 13.7. The van der Waals surface area contributed by atoms with Crippen molar-refractivity contribution in [2.24, 2.45) is 5.92 Å². The number of likely N-dealkylation sites (tertiary alicyclic amines) is 1. The molecular weight excluding hydrogens is 615 g/mol. The summed E-state index contributed by atoms with van der Waals surface area (Å²) in [5, 5.41) is 9.26. The second kappa shape index (κ2) is 12.7. The third kappa shape index (κ3) is 7.41. The molecule has 9 nitrogen and oxygen atoms in total. The second-order valence-corrected chi connectivity index (χ2v) is 11.4. The summed E-state index contributed by atoms with van der Waals surface area (Å²) >= 11 is 0. The third-order valence-electron chi connectivity index (χ3n) is 8.67. The number of carboxylic acid groups (broad SMARTS) is 1. The Labute approximate surface area is 254 Å². The average molecular weight is 648 g/mol. The predicted molar refractivity (Wildman–Crippen MR) is 147 cm³/mol. The number of urea groups is 1. The fourth-order valence-corrected chi connectivity index (χ4v) is 6.00. The fraction of sp³-hybridized carbons (Fsp3) is 0.517. The molecule has 1 aliphatic carbocycles. The van der Waals surface area contributed by atoms with Crippen molar-refractivity contribution in [1.82, 2.24) is 19.7 Å². The highest BCUT2D eigenvalue weighted by atomic mass is 19.4. The molecule has 0 bridgehead atoms. The minimum atomic E-state index is -5.11. The van der Waals surface area contributed by atoms with Crippen molar-refractivity contribution in [3.05, 3.63) is 59.2 Å². The van der Waals surface area contributed by atoms with Gasteiger partial charge in [0.05, 0.1) is 23.4 Å². The molecule has 2 fully saturated rings. The topological polar surface area (TPSA) is 97.3 Å². The van der Waals surface area contributed by atoms with Crippen molar-refractivity contribution in [3.8, 4) is 0 Å². The number of benzene rings is 1. The molecule has 2 atom stereocenters. The number of nitrogens with zero attached hydrogens (tertiary/aromatic N) is 5. The van der Waals surface area contributed by atoms with Crippen molar-refractivity contribution in [3.63, 3.8) is 0 Å². The van der Waals surface area contributed by atoms with E-state index in [1.165, 1.54) is 30.0 Å². The molecule has 4 rings (SSSR count). The van der Waals surface area contributed by atoms with Crippen molar-refractivity contribution < 1.29 is 50.2 Å². The zero-order valence-corrected chi connectivity index (χ0v) is 24.6. The Bertz CT molecular complexity index is 1380. The number of amides is 4. The van der Waals surface area contributed by atoms with Gasteiger partial charge in [-0.3, -0.25) is 14.7 Å². The van der Waals surface area contributed by atoms with Crippen LogP contribution in [0.4, 0.5) is 46.0 Å². The van der Waals surface area contributed by atoms with Gasteiger partial charge in [0.25, 0.3) is 0 Å². The molecular formula is C29H32F7N5O4. The molecule has 45 heavy (non-hydrogen) atoms. The number of hydrogen-bond donors (Lipinski definition) is 1. The summed E-state index contributed by atoms with van der Waals surface area (Å²) in [7, 11) is 3.83. The molecule has 1 saturated carbocycles. The normalized spacial score (nSPS) is 22.2. The summed E-state index contributed by atoms with van der Waals surface area (Å²) in [4.78, 5) is 47.1. The summed E-state index contributed by atoms with van der Waals surface area (Å²) < 4.78 is 94.4. The van der Waals surface area contributed by atoms with Crippen LogP contribution in [0, 0.1) is 11.7 Å². The molecule has 2 aromatic rings. The SMILES string of the molecule is CN(C(=O)N(C)[C@@H]1CN(C(=O)[C@H]2CC[C@H](N(C)C(=O)O)CC2)C[C@H]1c1ccc(F)cn1)c1cc(C(F)(F)F)cc(C(F)(F)F)c1. The maximum atomic E-state index is 13.7. The first-order chi connectivity index (χ1) is 20.9. The number of pyridine rings is 1. The van der Waals surface area contributed by atoms with Crippen molar-refractivity contribution >= 4 is 23.7 Å². The Morgan fingerprint density at radius 3 is 1.93 bits per heavy atom. The Kier molecular flexibility index (Phi) is 9.54. The first-order valence-electron chi connectivity index (χ1n) is 14.0. The smallest absolute Gasteiger partial charge is 0.416 e. The van der Waals surface area contributed by atoms with Crippen LogP contribution in [-0.4, -0.2) is 89.1 Å². The van der Waals surface area contributed by atoms with Crippen LogP contribution in [0.3, 0.4) is 0 Å². The van der Waals surface area contributed by atoms with Gasteiger partial charge in [0.1, 0.15) is 5.82 Å². The molecule has 246 valence electrons. The quantitative estimate of drug-likeness (QED) is 0.408. The van der Waals surface area contributed by atoms with Gasteiger partial charge in [0, 0.05) is 63.5 Å². The summed E-state index contributed by atoms with van der Waals surface area (Å²) in [5.41, 5.74) is -3.46. The Hall–Kier alpha value is -4.11. The summed E-state index contributed by atoms with van der Waals surface area (Å²) in [6, 6.07) is 1.41. The van der Waals surface area contributed by atoms with E-state index < -0.39 is 65.0 Å². The Morgan fingerprint density at radius 1 is 0.867 bits per heavy atom. The van der Waals surface area contributed by atoms with Crippen LogP contribution in [0.1, 0.15) is 48.4 Å². The number of likely N-dealkylation sites (N-methyl/N-ethyl adjacent to an activating group) is 1. The largest absolute Gasteiger partial charge is 0.465 e. The standard InChI is InChI=1S/C29H32F7N5O4/c1-38(21-11-17(28(31,32)33)10-18(12-21)29(34,35)36)26(43)40(3)24-15-41(14-22(24)23-9-6-19(30)13-37-23)25(42)16-4-7-20(8-5-16)39(2)27(44)45/h6,9-13,16,20,22,24H,4-5,7-8,14-15H2,1-3H3,(H,44,45)/t16-,20-,22-,24+/m0/s1. The molecule has 2 aliphatic rings. The highest BCUT2D eigenvalue weighted by Gasteiger charge is 2.44. The number of carbonyl (C=O) groups is 3. The van der Waals surface area contributed by atoms with E-state index in [0.717, 1.165) is 24.2 Å². The molecule has 2 heterocycles. The molecule has 1 aromatic heterocycles. The van der Waals surface area contributed by atoms with E-state index in [2.05, 4.69) is 4.98 Å². The van der Waals surface area contributed by atoms with Crippen molar-refractivity contribution in [2.45, 2.75) is 56.0 Å². The number of halogens is 7. The van der Waals surface area contributed by atoms with E-state index in [1.807, 2.05) is 0 Å². The van der Waals surface area contributed by atoms with E-state index in [-0.39, 0.29) is 31.1 Å². The van der Waals surface area contributed by atoms with E-state index in [9.17, 15) is 50.2 Å². The first-order valence-corrected chi connectivity index (χ1v) is 14.0. The van der Waals surface area contributed by atoms with Crippen LogP contribution in [0.2, 0.25) is 0 Å². The van der Waals surface area contributed by atoms with E-state index in [4.69, 9.17) is 0 Å². The van der Waals surface area contributed by atoms with Crippen LogP contribution in [0.15, 0.2) is 36.5 Å². The van der Waals surface area contributed by atoms with Crippen LogP contribution in [0.5, 0.6) is 0 Å². The lowest BCUT2D eigenvalue weighted by Crippen LogP contribution is -2.48. The average Bonchev–Trinajstić information content (AvgIpc) is 3.44. The molecule has 1 aromatic carbocycles. The number of alkyl halides is 6. The fourth-order valence-electron chi connectivity index (χ4n) is 6.00. The van der Waals surface area contributed by atoms with Gasteiger partial charge < -0.3 is 19.8 Å². The van der Waals surface area contributed by atoms with Crippen LogP contribution < -0.4 is 4.90 Å². The van der Waals surface area contributed by atoms with Gasteiger partial charge in [-0.15, -0.1) is 0 Å². The third-order valence-corrected chi connectivity index (χ3v) is 8.67. The van der Waals surface area contributed by atoms with Crippen molar-refractivity contribution in [2.75, 3.05) is 39.1 Å². The minimum absolute atomic E-state index is 0.0238. The maximum Gasteiger partial charge on any atom is 0.416 e. The molecule has 4 amide bonds. The van der Waals surface area contributed by atoms with Gasteiger partial charge in [0.2, 0.25) is 5.91 Å². The Balaban J connectivity index is 1.58. The molecule has 0 radical (unpaired) electrons. The number of carbonyl (C=O) groups excluding carboxylic acids is 2. The lowest BCUT2D eigenvalue weighted by Gasteiger charge is -2.34. The van der Waals surface area contributed by atoms with Gasteiger partial charge in [-0.1, -0.05) is 0 Å². The molecule has 0 spiro atoms. The van der Waals surface area contributed by atoms with Crippen LogP contribution in [-0.2, 0) is 17.1 Å². The lowest BCUT2D eigenvalue weighted by molar-refractivity contribution is -0.143. The first kappa shape index (κ1) is 33.8. The van der Waals surface area contributed by atoms with Gasteiger partial charge in [-0.05, 0) is 56.0 Å². The number of anilines is 1. The second-order valence-electron chi connectivity index (χ2n) is 11.4. The van der Waals surface area contributed by atoms with Gasteiger partial charge in [-0.25, -0.2) is 14.0 Å². The summed E-state index contributed by atoms with van der Waals surface area (Å²) in [6.07, 6.45) is -8.53. The van der Waals surface area contributed by atoms with Gasteiger partial charge >= 0.3 is 24.5 Å². The number of rotatable bonds is 5. The van der Waals surface area contributed by atoms with Crippen LogP contribution in [0.25, 0.3) is 0 Å².